The van der Waals surface area contributed by atoms with Crippen molar-refractivity contribution in [3.63, 3.8) is 0 Å². The molecule has 0 aliphatic heterocycles. The molecular formula is C11H19N3. The molecule has 0 radical (unpaired) electrons. The molecule has 0 atom stereocenters. The van der Waals surface area contributed by atoms with Crippen LogP contribution in [0.4, 0.5) is 5.69 Å². The largest absolute Gasteiger partial charge is 0.385 e. The first-order chi connectivity index (χ1) is 6.72. The Morgan fingerprint density at radius 3 is 2.86 bits per heavy atom. The molecule has 2 N–H and O–H groups in total. The van der Waals surface area contributed by atoms with Crippen LogP contribution < -0.4 is 10.6 Å². The highest BCUT2D eigenvalue weighted by Crippen LogP contribution is 2.08. The summed E-state index contributed by atoms with van der Waals surface area (Å²) in [6.45, 7) is 6.21. The van der Waals surface area contributed by atoms with Crippen LogP contribution in [-0.4, -0.2) is 18.6 Å². The first kappa shape index (κ1) is 11.0. The van der Waals surface area contributed by atoms with Crippen molar-refractivity contribution < 1.29 is 0 Å². The predicted octanol–water partition coefficient (Wildman–Crippen LogP) is 1.87. The third-order valence-corrected chi connectivity index (χ3v) is 1.89. The summed E-state index contributed by atoms with van der Waals surface area (Å²) >= 11 is 0. The van der Waals surface area contributed by atoms with E-state index in [0.717, 1.165) is 24.5 Å². The van der Waals surface area contributed by atoms with Crippen LogP contribution in [-0.2, 0) is 6.54 Å². The van der Waals surface area contributed by atoms with Crippen LogP contribution in [0.1, 0.15) is 19.5 Å². The van der Waals surface area contributed by atoms with Crippen LogP contribution in [0.3, 0.4) is 0 Å². The molecule has 0 aliphatic rings. The number of anilines is 1. The number of rotatable bonds is 5. The molecule has 1 aromatic rings. The van der Waals surface area contributed by atoms with Crippen molar-refractivity contribution in [1.29, 1.82) is 0 Å². The molecule has 78 valence electrons. The molecule has 0 amide bonds. The Labute approximate surface area is 85.9 Å². The van der Waals surface area contributed by atoms with E-state index in [1.807, 2.05) is 19.3 Å². The normalized spacial score (nSPS) is 10.6. The number of hydrogen-bond acceptors (Lipinski definition) is 3. The van der Waals surface area contributed by atoms with Gasteiger partial charge in [0.2, 0.25) is 0 Å². The zero-order valence-electron chi connectivity index (χ0n) is 9.17. The molecule has 0 aromatic carbocycles. The van der Waals surface area contributed by atoms with E-state index < -0.39 is 0 Å². The molecule has 0 unspecified atom stereocenters. The van der Waals surface area contributed by atoms with Crippen LogP contribution in [0.15, 0.2) is 18.3 Å². The Morgan fingerprint density at radius 2 is 2.21 bits per heavy atom. The molecule has 0 bridgehead atoms. The topological polar surface area (TPSA) is 37.0 Å². The minimum absolute atomic E-state index is 0.663. The molecule has 1 rings (SSSR count). The average molecular weight is 193 g/mol. The summed E-state index contributed by atoms with van der Waals surface area (Å²) in [5.41, 5.74) is 2.22. The lowest BCUT2D eigenvalue weighted by atomic mass is 10.2. The summed E-state index contributed by atoms with van der Waals surface area (Å²) in [5, 5.41) is 6.46. The molecule has 0 fully saturated rings. The molecule has 0 spiro atoms. The summed E-state index contributed by atoms with van der Waals surface area (Å²) in [6.07, 6.45) is 1.84. The number of pyridine rings is 1. The van der Waals surface area contributed by atoms with Gasteiger partial charge in [-0.05, 0) is 25.1 Å². The van der Waals surface area contributed by atoms with Gasteiger partial charge in [-0.15, -0.1) is 0 Å². The lowest BCUT2D eigenvalue weighted by molar-refractivity contribution is 0.688. The van der Waals surface area contributed by atoms with Crippen molar-refractivity contribution in [2.75, 3.05) is 18.9 Å². The summed E-state index contributed by atoms with van der Waals surface area (Å²) in [5.74, 6) is 0.663. The maximum atomic E-state index is 4.25. The molecule has 0 saturated carbocycles. The van der Waals surface area contributed by atoms with Gasteiger partial charge in [-0.25, -0.2) is 0 Å². The quantitative estimate of drug-likeness (QED) is 0.749. The minimum Gasteiger partial charge on any atom is -0.385 e. The molecule has 0 aliphatic carbocycles. The van der Waals surface area contributed by atoms with Crippen molar-refractivity contribution in [3.8, 4) is 0 Å². The van der Waals surface area contributed by atoms with E-state index in [1.54, 1.807) is 0 Å². The molecule has 0 saturated heterocycles. The highest BCUT2D eigenvalue weighted by atomic mass is 14.9. The summed E-state index contributed by atoms with van der Waals surface area (Å²) in [7, 11) is 1.93. The van der Waals surface area contributed by atoms with Crippen molar-refractivity contribution in [2.45, 2.75) is 20.4 Å². The zero-order chi connectivity index (χ0) is 10.4. The number of nitrogens with zero attached hydrogens (tertiary/aromatic N) is 1. The lowest BCUT2D eigenvalue weighted by Crippen LogP contribution is -2.10. The van der Waals surface area contributed by atoms with Crippen molar-refractivity contribution >= 4 is 5.69 Å². The molecule has 14 heavy (non-hydrogen) atoms. The van der Waals surface area contributed by atoms with Crippen molar-refractivity contribution in [1.82, 2.24) is 10.3 Å². The van der Waals surface area contributed by atoms with Gasteiger partial charge in [0.25, 0.3) is 0 Å². The van der Waals surface area contributed by atoms with Gasteiger partial charge in [0.15, 0.2) is 0 Å². The van der Waals surface area contributed by atoms with E-state index in [9.17, 15) is 0 Å². The Bertz CT molecular complexity index is 271. The summed E-state index contributed by atoms with van der Waals surface area (Å²) < 4.78 is 0. The van der Waals surface area contributed by atoms with Gasteiger partial charge in [0.1, 0.15) is 0 Å². The molecule has 1 heterocycles. The third kappa shape index (κ3) is 3.75. The van der Waals surface area contributed by atoms with Gasteiger partial charge in [0, 0.05) is 25.0 Å². The first-order valence-electron chi connectivity index (χ1n) is 5.05. The van der Waals surface area contributed by atoms with Crippen LogP contribution in [0.25, 0.3) is 0 Å². The summed E-state index contributed by atoms with van der Waals surface area (Å²) in [6, 6.07) is 4.08. The van der Waals surface area contributed by atoms with Gasteiger partial charge >= 0.3 is 0 Å². The maximum absolute atomic E-state index is 4.25. The van der Waals surface area contributed by atoms with Gasteiger partial charge < -0.3 is 10.6 Å². The fourth-order valence-electron chi connectivity index (χ4n) is 1.19. The Kier molecular flexibility index (Phi) is 4.40. The Balaban J connectivity index is 2.54. The van der Waals surface area contributed by atoms with Crippen molar-refractivity contribution in [2.24, 2.45) is 5.92 Å². The SMILES string of the molecule is CNCc1cc(NCC(C)C)ccn1. The number of aromatic nitrogens is 1. The monoisotopic (exact) mass is 193 g/mol. The second kappa shape index (κ2) is 5.60. The summed E-state index contributed by atoms with van der Waals surface area (Å²) in [4.78, 5) is 4.25. The molecule has 3 heteroatoms. The molecular weight excluding hydrogens is 174 g/mol. The number of hydrogen-bond donors (Lipinski definition) is 2. The van der Waals surface area contributed by atoms with E-state index in [-0.39, 0.29) is 0 Å². The number of nitrogens with one attached hydrogen (secondary N) is 2. The van der Waals surface area contributed by atoms with E-state index in [1.165, 1.54) is 0 Å². The Morgan fingerprint density at radius 1 is 1.43 bits per heavy atom. The average Bonchev–Trinajstić information content (AvgIpc) is 2.16. The van der Waals surface area contributed by atoms with Crippen LogP contribution in [0.5, 0.6) is 0 Å². The highest BCUT2D eigenvalue weighted by molar-refractivity contribution is 5.43. The van der Waals surface area contributed by atoms with Gasteiger partial charge in [-0.3, -0.25) is 4.98 Å². The zero-order valence-corrected chi connectivity index (χ0v) is 9.17. The van der Waals surface area contributed by atoms with E-state index in [2.05, 4.69) is 35.5 Å². The van der Waals surface area contributed by atoms with Gasteiger partial charge in [0.05, 0.1) is 5.69 Å². The fourth-order valence-corrected chi connectivity index (χ4v) is 1.19. The smallest absolute Gasteiger partial charge is 0.0562 e. The van der Waals surface area contributed by atoms with Gasteiger partial charge in [-0.1, -0.05) is 13.8 Å². The molecule has 3 nitrogen and oxygen atoms in total. The maximum Gasteiger partial charge on any atom is 0.0562 e. The van der Waals surface area contributed by atoms with Crippen LogP contribution in [0.2, 0.25) is 0 Å². The van der Waals surface area contributed by atoms with E-state index >= 15 is 0 Å². The standard InChI is InChI=1S/C11H19N3/c1-9(2)7-14-10-4-5-13-11(6-10)8-12-3/h4-6,9,12H,7-8H2,1-3H3,(H,13,14). The Hall–Kier alpha value is -1.09. The highest BCUT2D eigenvalue weighted by Gasteiger charge is 1.97. The molecule has 1 aromatic heterocycles. The predicted molar refractivity (Wildman–Crippen MR) is 60.3 cm³/mol. The van der Waals surface area contributed by atoms with Gasteiger partial charge in [-0.2, -0.15) is 0 Å². The lowest BCUT2D eigenvalue weighted by Gasteiger charge is -2.09. The second-order valence-electron chi connectivity index (χ2n) is 3.84. The van der Waals surface area contributed by atoms with Crippen LogP contribution in [0, 0.1) is 5.92 Å². The minimum atomic E-state index is 0.663. The third-order valence-electron chi connectivity index (χ3n) is 1.89. The van der Waals surface area contributed by atoms with E-state index in [4.69, 9.17) is 0 Å². The fraction of sp³-hybridized carbons (Fsp3) is 0.545. The second-order valence-corrected chi connectivity index (χ2v) is 3.84. The van der Waals surface area contributed by atoms with E-state index in [0.29, 0.717) is 5.92 Å². The van der Waals surface area contributed by atoms with Crippen molar-refractivity contribution in [3.05, 3.63) is 24.0 Å². The first-order valence-corrected chi connectivity index (χ1v) is 5.05. The van der Waals surface area contributed by atoms with Crippen LogP contribution >= 0.6 is 0 Å².